The predicted molar refractivity (Wildman–Crippen MR) is 78.1 cm³/mol. The van der Waals surface area contributed by atoms with Crippen LogP contribution in [0.5, 0.6) is 0 Å². The van der Waals surface area contributed by atoms with Crippen LogP contribution in [0, 0.1) is 17.7 Å². The standard InChI is InChI=1S/C11H6F2N.C3H3N3O3S.Ir/c12-8-4-5-9(10(13)7-8)11-3-1-2-6-14-11;7-10(8,9)3-5-1-4-2-6-3;/h1-4,6-7H;1-2H,(H,7,8,9);/q-1;;. The van der Waals surface area contributed by atoms with Gasteiger partial charge < -0.3 is 4.98 Å². The quantitative estimate of drug-likeness (QED) is 0.389. The van der Waals surface area contributed by atoms with Gasteiger partial charge in [-0.25, -0.2) is 15.0 Å². The maximum Gasteiger partial charge on any atom is 0.330 e. The Hall–Kier alpha value is -2.20. The molecule has 0 unspecified atom stereocenters. The average Bonchev–Trinajstić information content (AvgIpc) is 2.56. The smallest absolute Gasteiger partial charge is 0.305 e. The van der Waals surface area contributed by atoms with Crippen molar-refractivity contribution in [2.45, 2.75) is 5.16 Å². The zero-order chi connectivity index (χ0) is 17.6. The van der Waals surface area contributed by atoms with Gasteiger partial charge in [-0.2, -0.15) is 8.42 Å². The van der Waals surface area contributed by atoms with Crippen molar-refractivity contribution in [3.8, 4) is 11.3 Å². The number of benzene rings is 1. The molecule has 25 heavy (non-hydrogen) atoms. The van der Waals surface area contributed by atoms with Crippen LogP contribution in [0.3, 0.4) is 0 Å². The number of rotatable bonds is 2. The van der Waals surface area contributed by atoms with E-state index in [4.69, 9.17) is 4.55 Å². The van der Waals surface area contributed by atoms with E-state index in [1.165, 1.54) is 0 Å². The number of aromatic nitrogens is 4. The van der Waals surface area contributed by atoms with Gasteiger partial charge in [0.15, 0.2) is 0 Å². The van der Waals surface area contributed by atoms with Gasteiger partial charge in [0.2, 0.25) is 0 Å². The van der Waals surface area contributed by atoms with Gasteiger partial charge in [-0.3, -0.25) is 13.3 Å². The summed E-state index contributed by atoms with van der Waals surface area (Å²) in [6, 6.07) is 9.53. The van der Waals surface area contributed by atoms with Crippen LogP contribution >= 0.6 is 0 Å². The Balaban J connectivity index is 0.000000254. The molecular formula is C14H9F2IrN4O3S-. The second-order valence-corrected chi connectivity index (χ2v) is 5.47. The summed E-state index contributed by atoms with van der Waals surface area (Å²) in [6.45, 7) is 0. The molecule has 3 aromatic rings. The Bertz CT molecular complexity index is 916. The van der Waals surface area contributed by atoms with E-state index in [0.29, 0.717) is 5.69 Å². The molecule has 11 heteroatoms. The molecule has 2 heterocycles. The Morgan fingerprint density at radius 2 is 1.76 bits per heavy atom. The minimum atomic E-state index is -4.27. The van der Waals surface area contributed by atoms with Crippen molar-refractivity contribution in [2.75, 3.05) is 0 Å². The predicted octanol–water partition coefficient (Wildman–Crippen LogP) is 1.94. The Labute approximate surface area is 155 Å². The van der Waals surface area contributed by atoms with E-state index in [9.17, 15) is 17.2 Å². The van der Waals surface area contributed by atoms with Crippen molar-refractivity contribution >= 4 is 10.1 Å². The molecule has 1 aromatic carbocycles. The first-order chi connectivity index (χ1) is 11.4. The molecule has 1 N–H and O–H groups in total. The maximum absolute atomic E-state index is 13.2. The SMILES string of the molecule is Fc1c[c-]c(-c2ccccn2)c(F)c1.O=S(=O)(O)c1ncncn1.[Ir]. The van der Waals surface area contributed by atoms with Gasteiger partial charge in [0, 0.05) is 37.9 Å². The van der Waals surface area contributed by atoms with Crippen LogP contribution in [-0.2, 0) is 30.2 Å². The van der Waals surface area contributed by atoms with Crippen LogP contribution in [0.15, 0.2) is 54.3 Å². The molecule has 1 radical (unpaired) electrons. The summed E-state index contributed by atoms with van der Waals surface area (Å²) in [4.78, 5) is 13.7. The van der Waals surface area contributed by atoms with E-state index in [1.54, 1.807) is 24.4 Å². The molecular weight excluding hydrogens is 534 g/mol. The van der Waals surface area contributed by atoms with Gasteiger partial charge in [0.1, 0.15) is 12.7 Å². The van der Waals surface area contributed by atoms with Gasteiger partial charge in [-0.15, -0.1) is 12.1 Å². The molecule has 2 aromatic heterocycles. The topological polar surface area (TPSA) is 106 Å². The van der Waals surface area contributed by atoms with Crippen LogP contribution in [0.25, 0.3) is 11.3 Å². The summed E-state index contributed by atoms with van der Waals surface area (Å²) in [5.41, 5.74) is 0.636. The molecule has 133 valence electrons. The van der Waals surface area contributed by atoms with Crippen molar-refractivity contribution in [1.29, 1.82) is 0 Å². The van der Waals surface area contributed by atoms with Gasteiger partial charge in [-0.05, 0) is 11.8 Å². The first kappa shape index (κ1) is 20.8. The molecule has 0 saturated heterocycles. The molecule has 7 nitrogen and oxygen atoms in total. The van der Waals surface area contributed by atoms with Crippen LogP contribution in [0.2, 0.25) is 0 Å². The average molecular weight is 544 g/mol. The van der Waals surface area contributed by atoms with E-state index in [2.05, 4.69) is 26.0 Å². The molecule has 0 bridgehead atoms. The Kier molecular flexibility index (Phi) is 7.78. The van der Waals surface area contributed by atoms with Crippen molar-refractivity contribution in [3.05, 3.63) is 66.9 Å². The van der Waals surface area contributed by atoms with Crippen molar-refractivity contribution in [1.82, 2.24) is 19.9 Å². The number of halogens is 2. The third-order valence-electron chi connectivity index (χ3n) is 2.48. The summed E-state index contributed by atoms with van der Waals surface area (Å²) in [5.74, 6) is -1.29. The molecule has 3 rings (SSSR count). The molecule has 0 amide bonds. The summed E-state index contributed by atoms with van der Waals surface area (Å²) < 4.78 is 54.6. The van der Waals surface area contributed by atoms with Crippen LogP contribution in [0.1, 0.15) is 0 Å². The summed E-state index contributed by atoms with van der Waals surface area (Å²) in [7, 11) is -4.27. The number of hydrogen-bond acceptors (Lipinski definition) is 6. The van der Waals surface area contributed by atoms with E-state index < -0.39 is 26.9 Å². The van der Waals surface area contributed by atoms with Crippen LogP contribution < -0.4 is 0 Å². The van der Waals surface area contributed by atoms with Crippen LogP contribution in [-0.4, -0.2) is 32.9 Å². The summed E-state index contributed by atoms with van der Waals surface area (Å²) in [6.07, 6.45) is 3.51. The summed E-state index contributed by atoms with van der Waals surface area (Å²) in [5, 5.41) is -0.637. The largest absolute Gasteiger partial charge is 0.330 e. The first-order valence-corrected chi connectivity index (χ1v) is 7.69. The van der Waals surface area contributed by atoms with E-state index in [0.717, 1.165) is 24.8 Å². The second-order valence-electron chi connectivity index (χ2n) is 4.15. The van der Waals surface area contributed by atoms with Crippen molar-refractivity contribution < 1.29 is 41.9 Å². The van der Waals surface area contributed by atoms with Crippen LogP contribution in [0.4, 0.5) is 8.78 Å². The monoisotopic (exact) mass is 544 g/mol. The molecule has 0 aliphatic rings. The fourth-order valence-electron chi connectivity index (χ4n) is 1.51. The van der Waals surface area contributed by atoms with Gasteiger partial charge in [-0.1, -0.05) is 23.8 Å². The van der Waals surface area contributed by atoms with E-state index >= 15 is 0 Å². The van der Waals surface area contributed by atoms with E-state index in [-0.39, 0.29) is 25.7 Å². The maximum atomic E-state index is 13.2. The number of pyridine rings is 1. The Morgan fingerprint density at radius 1 is 1.08 bits per heavy atom. The Morgan fingerprint density at radius 3 is 2.24 bits per heavy atom. The molecule has 0 fully saturated rings. The fourth-order valence-corrected chi connectivity index (χ4v) is 1.87. The van der Waals surface area contributed by atoms with E-state index in [1.807, 2.05) is 0 Å². The number of nitrogens with zero attached hydrogens (tertiary/aromatic N) is 4. The molecule has 0 saturated carbocycles. The molecule has 0 spiro atoms. The molecule has 0 atom stereocenters. The third kappa shape index (κ3) is 6.31. The van der Waals surface area contributed by atoms with Gasteiger partial charge in [0.05, 0.1) is 0 Å². The zero-order valence-corrected chi connectivity index (χ0v) is 15.4. The molecule has 0 aliphatic heterocycles. The zero-order valence-electron chi connectivity index (χ0n) is 12.2. The van der Waals surface area contributed by atoms with Gasteiger partial charge >= 0.3 is 10.1 Å². The number of hydrogen-bond donors (Lipinski definition) is 1. The van der Waals surface area contributed by atoms with Gasteiger partial charge in [0.25, 0.3) is 5.16 Å². The minimum absolute atomic E-state index is 0. The minimum Gasteiger partial charge on any atom is -0.305 e. The van der Waals surface area contributed by atoms with Crippen molar-refractivity contribution in [3.63, 3.8) is 0 Å². The second kappa shape index (κ2) is 9.33. The third-order valence-corrected chi connectivity index (χ3v) is 3.15. The first-order valence-electron chi connectivity index (χ1n) is 6.25. The molecule has 0 aliphatic carbocycles. The fraction of sp³-hybridized carbons (Fsp3) is 0. The summed E-state index contributed by atoms with van der Waals surface area (Å²) >= 11 is 0. The normalized spacial score (nSPS) is 10.2. The van der Waals surface area contributed by atoms with Crippen molar-refractivity contribution in [2.24, 2.45) is 0 Å².